The molecule has 1 saturated heterocycles. The smallest absolute Gasteiger partial charge is 0.0662 e. The Kier molecular flexibility index (Phi) is 2.74. The maximum absolute atomic E-state index is 2.76. The van der Waals surface area contributed by atoms with Crippen molar-refractivity contribution >= 4 is 10.9 Å². The van der Waals surface area contributed by atoms with E-state index in [2.05, 4.69) is 52.5 Å². The van der Waals surface area contributed by atoms with E-state index in [0.29, 0.717) is 18.1 Å². The van der Waals surface area contributed by atoms with Crippen molar-refractivity contribution in [2.24, 2.45) is 0 Å². The van der Waals surface area contributed by atoms with Crippen LogP contribution in [0, 0.1) is 0 Å². The van der Waals surface area contributed by atoms with E-state index in [1.54, 1.807) is 11.3 Å². The summed E-state index contributed by atoms with van der Waals surface area (Å²) in [5.41, 5.74) is 4.76. The lowest BCUT2D eigenvalue weighted by atomic mass is 9.85. The molecular formula is C19H25N3. The molecule has 3 aliphatic rings. The fraction of sp³-hybridized carbons (Fsp3) is 0.579. The van der Waals surface area contributed by atoms with E-state index in [-0.39, 0.29) is 0 Å². The molecule has 0 saturated carbocycles. The third-order valence-corrected chi connectivity index (χ3v) is 6.19. The van der Waals surface area contributed by atoms with Crippen LogP contribution in [0.3, 0.4) is 0 Å². The van der Waals surface area contributed by atoms with E-state index < -0.39 is 0 Å². The van der Waals surface area contributed by atoms with Crippen molar-refractivity contribution in [1.82, 2.24) is 14.4 Å². The van der Waals surface area contributed by atoms with Crippen molar-refractivity contribution in [3.63, 3.8) is 0 Å². The topological polar surface area (TPSA) is 11.4 Å². The molecule has 0 radical (unpaired) electrons. The second kappa shape index (κ2) is 4.59. The zero-order chi connectivity index (χ0) is 14.8. The first-order chi connectivity index (χ1) is 10.8. The third-order valence-electron chi connectivity index (χ3n) is 6.19. The second-order valence-corrected chi connectivity index (χ2v) is 7.45. The summed E-state index contributed by atoms with van der Waals surface area (Å²) in [6.07, 6.45) is 2.53. The van der Waals surface area contributed by atoms with E-state index in [1.807, 2.05) is 0 Å². The first-order valence-electron chi connectivity index (χ1n) is 8.85. The molecule has 5 rings (SSSR count). The van der Waals surface area contributed by atoms with Gasteiger partial charge in [-0.1, -0.05) is 18.2 Å². The molecule has 1 aromatic heterocycles. The van der Waals surface area contributed by atoms with Crippen LogP contribution in [0.1, 0.15) is 37.6 Å². The average molecular weight is 295 g/mol. The zero-order valence-corrected chi connectivity index (χ0v) is 13.6. The summed E-state index contributed by atoms with van der Waals surface area (Å²) in [5.74, 6) is 0. The molecule has 0 N–H and O–H groups in total. The zero-order valence-electron chi connectivity index (χ0n) is 13.6. The van der Waals surface area contributed by atoms with Gasteiger partial charge in [-0.15, -0.1) is 0 Å². The number of para-hydroxylation sites is 1. The van der Waals surface area contributed by atoms with Crippen molar-refractivity contribution in [2.75, 3.05) is 19.6 Å². The van der Waals surface area contributed by atoms with Crippen molar-refractivity contribution in [2.45, 2.75) is 51.4 Å². The van der Waals surface area contributed by atoms with Gasteiger partial charge in [0.1, 0.15) is 0 Å². The molecule has 3 nitrogen and oxygen atoms in total. The van der Waals surface area contributed by atoms with Crippen molar-refractivity contribution in [1.29, 1.82) is 0 Å². The predicted molar refractivity (Wildman–Crippen MR) is 90.2 cm³/mol. The number of aryl methyl sites for hydroxylation is 1. The Balaban J connectivity index is 1.73. The van der Waals surface area contributed by atoms with Gasteiger partial charge < -0.3 is 4.57 Å². The number of rotatable bonds is 1. The summed E-state index contributed by atoms with van der Waals surface area (Å²) in [6, 6.07) is 11.1. The summed E-state index contributed by atoms with van der Waals surface area (Å²) in [5, 5.41) is 1.51. The van der Waals surface area contributed by atoms with Crippen molar-refractivity contribution < 1.29 is 0 Å². The Bertz CT molecular complexity index is 697. The fourth-order valence-corrected chi connectivity index (χ4v) is 5.30. The Labute approximate surface area is 132 Å². The third kappa shape index (κ3) is 1.59. The van der Waals surface area contributed by atoms with Crippen LogP contribution in [0.15, 0.2) is 24.3 Å². The number of piperazine rings is 1. The highest BCUT2D eigenvalue weighted by atomic mass is 15.3. The van der Waals surface area contributed by atoms with E-state index in [9.17, 15) is 0 Å². The summed E-state index contributed by atoms with van der Waals surface area (Å²) in [6.45, 7) is 9.64. The maximum atomic E-state index is 2.76. The molecule has 22 heavy (non-hydrogen) atoms. The predicted octanol–water partition coefficient (Wildman–Crippen LogP) is 3.04. The molecule has 2 atom stereocenters. The van der Waals surface area contributed by atoms with Gasteiger partial charge in [-0.25, -0.2) is 0 Å². The van der Waals surface area contributed by atoms with Gasteiger partial charge in [0.05, 0.1) is 6.04 Å². The normalized spacial score (nSPS) is 28.3. The first-order valence-corrected chi connectivity index (χ1v) is 8.85. The largest absolute Gasteiger partial charge is 0.343 e. The summed E-state index contributed by atoms with van der Waals surface area (Å²) in [4.78, 5) is 5.53. The van der Waals surface area contributed by atoms with Gasteiger partial charge in [0, 0.05) is 54.9 Å². The maximum Gasteiger partial charge on any atom is 0.0662 e. The summed E-state index contributed by atoms with van der Waals surface area (Å²) in [7, 11) is 0. The minimum atomic E-state index is 0.626. The minimum absolute atomic E-state index is 0.626. The summed E-state index contributed by atoms with van der Waals surface area (Å²) < 4.78 is 2.64. The van der Waals surface area contributed by atoms with Crippen LogP contribution < -0.4 is 0 Å². The van der Waals surface area contributed by atoms with E-state index >= 15 is 0 Å². The lowest BCUT2D eigenvalue weighted by Gasteiger charge is -2.53. The molecule has 0 bridgehead atoms. The van der Waals surface area contributed by atoms with Gasteiger partial charge in [0.25, 0.3) is 0 Å². The van der Waals surface area contributed by atoms with E-state index in [0.717, 1.165) is 0 Å². The lowest BCUT2D eigenvalue weighted by Crippen LogP contribution is -2.60. The van der Waals surface area contributed by atoms with E-state index in [1.165, 1.54) is 49.9 Å². The van der Waals surface area contributed by atoms with Crippen LogP contribution in [0.5, 0.6) is 0 Å². The molecule has 1 aromatic carbocycles. The molecular weight excluding hydrogens is 270 g/mol. The van der Waals surface area contributed by atoms with Crippen molar-refractivity contribution in [3.8, 4) is 0 Å². The Morgan fingerprint density at radius 1 is 1.05 bits per heavy atom. The van der Waals surface area contributed by atoms with Crippen LogP contribution in [0.2, 0.25) is 0 Å². The first kappa shape index (κ1) is 13.1. The number of hydrogen-bond acceptors (Lipinski definition) is 2. The molecule has 116 valence electrons. The number of hydrogen-bond donors (Lipinski definition) is 0. The second-order valence-electron chi connectivity index (χ2n) is 7.45. The Morgan fingerprint density at radius 2 is 1.91 bits per heavy atom. The highest BCUT2D eigenvalue weighted by Crippen LogP contribution is 2.45. The fourth-order valence-electron chi connectivity index (χ4n) is 5.30. The Morgan fingerprint density at radius 3 is 2.77 bits per heavy atom. The van der Waals surface area contributed by atoms with Crippen LogP contribution in [0.25, 0.3) is 10.9 Å². The molecule has 3 heteroatoms. The van der Waals surface area contributed by atoms with Crippen LogP contribution in [-0.4, -0.2) is 46.1 Å². The summed E-state index contributed by atoms with van der Waals surface area (Å²) >= 11 is 0. The molecule has 1 fully saturated rings. The van der Waals surface area contributed by atoms with Gasteiger partial charge >= 0.3 is 0 Å². The monoisotopic (exact) mass is 295 g/mol. The van der Waals surface area contributed by atoms with E-state index in [4.69, 9.17) is 0 Å². The molecule has 3 aliphatic heterocycles. The number of benzene rings is 1. The molecule has 4 heterocycles. The number of fused-ring (bicyclic) bond motifs is 3. The van der Waals surface area contributed by atoms with Gasteiger partial charge in [0.15, 0.2) is 0 Å². The molecule has 0 unspecified atom stereocenters. The van der Waals surface area contributed by atoms with Gasteiger partial charge in [-0.3, -0.25) is 9.80 Å². The average Bonchev–Trinajstić information content (AvgIpc) is 2.88. The van der Waals surface area contributed by atoms with Crippen molar-refractivity contribution in [3.05, 3.63) is 35.5 Å². The van der Waals surface area contributed by atoms with Crippen LogP contribution in [0.4, 0.5) is 0 Å². The standard InChI is InChI=1S/C19H25N3/c1-13(2)21-12-11-20-9-7-15-14-5-3-4-6-16(14)22-10-8-17(21)19(20)18(15)22/h3-6,13,17,19H,7-12H2,1-2H3/t17-,19-/m1/s1. The quantitative estimate of drug-likeness (QED) is 0.801. The molecule has 2 aromatic rings. The minimum Gasteiger partial charge on any atom is -0.343 e. The number of nitrogens with zero attached hydrogens (tertiary/aromatic N) is 3. The molecule has 0 amide bonds. The van der Waals surface area contributed by atoms with Crippen LogP contribution >= 0.6 is 0 Å². The van der Waals surface area contributed by atoms with Gasteiger partial charge in [-0.05, 0) is 38.3 Å². The van der Waals surface area contributed by atoms with Gasteiger partial charge in [-0.2, -0.15) is 0 Å². The van der Waals surface area contributed by atoms with Crippen LogP contribution in [-0.2, 0) is 13.0 Å². The highest BCUT2D eigenvalue weighted by Gasteiger charge is 2.45. The lowest BCUT2D eigenvalue weighted by molar-refractivity contribution is -0.0225. The van der Waals surface area contributed by atoms with Gasteiger partial charge in [0.2, 0.25) is 0 Å². The molecule has 0 spiro atoms. The Hall–Kier alpha value is -1.32. The SMILES string of the molecule is CC(C)N1CCN2CCc3c4n(c5ccccc35)CC[C@@H]1[C@H]42. The number of aromatic nitrogens is 1. The molecule has 0 aliphatic carbocycles. The highest BCUT2D eigenvalue weighted by molar-refractivity contribution is 5.86.